The lowest BCUT2D eigenvalue weighted by atomic mass is 9.79. The van der Waals surface area contributed by atoms with Crippen LogP contribution < -0.4 is 10.9 Å². The van der Waals surface area contributed by atoms with Gasteiger partial charge in [0.2, 0.25) is 0 Å². The molecule has 31 heavy (non-hydrogen) atoms. The summed E-state index contributed by atoms with van der Waals surface area (Å²) in [4.78, 5) is 27.1. The number of hydrogen-bond donors (Lipinski definition) is 1. The monoisotopic (exact) mass is 437 g/mol. The number of pyridine rings is 1. The largest absolute Gasteiger partial charge is 0.416 e. The number of benzene rings is 1. The zero-order valence-corrected chi connectivity index (χ0v) is 17.5. The number of amides is 1. The van der Waals surface area contributed by atoms with Gasteiger partial charge in [-0.25, -0.2) is 0 Å². The van der Waals surface area contributed by atoms with Crippen LogP contribution in [0.25, 0.3) is 5.69 Å². The number of carbonyl (C=O) groups is 1. The average Bonchev–Trinajstić information content (AvgIpc) is 2.72. The molecule has 1 saturated heterocycles. The minimum Gasteiger partial charge on any atom is -0.381 e. The highest BCUT2D eigenvalue weighted by molar-refractivity contribution is 5.93. The molecule has 0 aliphatic carbocycles. The van der Waals surface area contributed by atoms with Gasteiger partial charge in [-0.05, 0) is 51.2 Å². The molecule has 1 amide bonds. The minimum absolute atomic E-state index is 0.0444. The second kappa shape index (κ2) is 9.23. The van der Waals surface area contributed by atoms with Crippen LogP contribution in [0.5, 0.6) is 0 Å². The topological polar surface area (TPSA) is 63.6 Å². The normalized spacial score (nSPS) is 16.3. The Labute approximate surface area is 178 Å². The Bertz CT molecular complexity index is 980. The first kappa shape index (κ1) is 23.0. The van der Waals surface area contributed by atoms with Gasteiger partial charge in [-0.3, -0.25) is 14.2 Å². The Balaban J connectivity index is 1.81. The summed E-state index contributed by atoms with van der Waals surface area (Å²) in [5.41, 5.74) is -1.26. The number of aromatic nitrogens is 1. The Hall–Kier alpha value is -2.65. The SMILES string of the molecule is CN(C)CC1(CNC(=O)c2ccc(=O)n(-c3cccc(C(F)(F)F)c3)c2)CCOCC1. The molecule has 0 spiro atoms. The van der Waals surface area contributed by atoms with Gasteiger partial charge in [-0.2, -0.15) is 13.2 Å². The third kappa shape index (κ3) is 5.74. The molecule has 1 N–H and O–H groups in total. The van der Waals surface area contributed by atoms with Crippen LogP contribution in [0, 0.1) is 5.41 Å². The average molecular weight is 437 g/mol. The molecule has 0 unspecified atom stereocenters. The molecule has 1 aliphatic rings. The summed E-state index contributed by atoms with van der Waals surface area (Å²) in [7, 11) is 3.95. The summed E-state index contributed by atoms with van der Waals surface area (Å²) in [5.74, 6) is -0.384. The van der Waals surface area contributed by atoms with Crippen LogP contribution in [-0.2, 0) is 10.9 Å². The van der Waals surface area contributed by atoms with Crippen LogP contribution in [0.1, 0.15) is 28.8 Å². The Morgan fingerprint density at radius 1 is 1.19 bits per heavy atom. The highest BCUT2D eigenvalue weighted by Crippen LogP contribution is 2.31. The first-order chi connectivity index (χ1) is 14.6. The fraction of sp³-hybridized carbons (Fsp3) is 0.455. The smallest absolute Gasteiger partial charge is 0.381 e. The Morgan fingerprint density at radius 2 is 1.90 bits per heavy atom. The van der Waals surface area contributed by atoms with E-state index in [9.17, 15) is 22.8 Å². The van der Waals surface area contributed by atoms with Gasteiger partial charge < -0.3 is 15.0 Å². The molecular formula is C22H26F3N3O3. The fourth-order valence-electron chi connectivity index (χ4n) is 3.89. The summed E-state index contributed by atoms with van der Waals surface area (Å²) >= 11 is 0. The molecule has 1 aromatic heterocycles. The van der Waals surface area contributed by atoms with E-state index in [0.717, 1.165) is 36.1 Å². The Kier molecular flexibility index (Phi) is 6.86. The van der Waals surface area contributed by atoms with Crippen LogP contribution in [0.2, 0.25) is 0 Å². The molecule has 168 valence electrons. The molecule has 0 saturated carbocycles. The number of halogens is 3. The molecule has 9 heteroatoms. The summed E-state index contributed by atoms with van der Waals surface area (Å²) < 4.78 is 45.6. The summed E-state index contributed by atoms with van der Waals surface area (Å²) in [6, 6.07) is 7.00. The third-order valence-corrected chi connectivity index (χ3v) is 5.45. The van der Waals surface area contributed by atoms with Crippen LogP contribution in [-0.4, -0.2) is 55.8 Å². The standard InChI is InChI=1S/C22H26F3N3O3/c1-27(2)15-21(8-10-31-11-9-21)14-26-20(30)16-6-7-19(29)28(13-16)18-5-3-4-17(12-18)22(23,24)25/h3-7,12-13H,8-11,14-15H2,1-2H3,(H,26,30). The van der Waals surface area contributed by atoms with Crippen molar-refractivity contribution in [1.82, 2.24) is 14.8 Å². The first-order valence-electron chi connectivity index (χ1n) is 10.0. The lowest BCUT2D eigenvalue weighted by molar-refractivity contribution is -0.137. The second-order valence-electron chi connectivity index (χ2n) is 8.21. The highest BCUT2D eigenvalue weighted by Gasteiger charge is 2.34. The Morgan fingerprint density at radius 3 is 2.55 bits per heavy atom. The zero-order valence-electron chi connectivity index (χ0n) is 17.5. The highest BCUT2D eigenvalue weighted by atomic mass is 19.4. The van der Waals surface area contributed by atoms with Crippen LogP contribution in [0.3, 0.4) is 0 Å². The number of ether oxygens (including phenoxy) is 1. The number of nitrogens with one attached hydrogen (secondary N) is 1. The number of carbonyl (C=O) groups excluding carboxylic acids is 1. The van der Waals surface area contributed by atoms with Crippen molar-refractivity contribution in [1.29, 1.82) is 0 Å². The fourth-order valence-corrected chi connectivity index (χ4v) is 3.89. The van der Waals surface area contributed by atoms with E-state index in [0.29, 0.717) is 19.8 Å². The lowest BCUT2D eigenvalue weighted by Gasteiger charge is -2.39. The van der Waals surface area contributed by atoms with E-state index in [2.05, 4.69) is 10.2 Å². The van der Waals surface area contributed by atoms with Crippen molar-refractivity contribution in [2.45, 2.75) is 19.0 Å². The number of alkyl halides is 3. The van der Waals surface area contributed by atoms with Crippen molar-refractivity contribution in [2.24, 2.45) is 5.41 Å². The van der Waals surface area contributed by atoms with Crippen molar-refractivity contribution >= 4 is 5.91 Å². The molecule has 0 atom stereocenters. The molecule has 0 radical (unpaired) electrons. The summed E-state index contributed by atoms with van der Waals surface area (Å²) in [6.07, 6.45) is -1.63. The molecule has 6 nitrogen and oxygen atoms in total. The minimum atomic E-state index is -4.53. The van der Waals surface area contributed by atoms with Crippen LogP contribution >= 0.6 is 0 Å². The van der Waals surface area contributed by atoms with E-state index in [1.54, 1.807) is 0 Å². The summed E-state index contributed by atoms with van der Waals surface area (Å²) in [5, 5.41) is 2.93. The van der Waals surface area contributed by atoms with Crippen molar-refractivity contribution < 1.29 is 22.7 Å². The van der Waals surface area contributed by atoms with Crippen LogP contribution in [0.4, 0.5) is 13.2 Å². The second-order valence-corrected chi connectivity index (χ2v) is 8.21. The molecular weight excluding hydrogens is 411 g/mol. The van der Waals surface area contributed by atoms with Gasteiger partial charge in [0.1, 0.15) is 0 Å². The van der Waals surface area contributed by atoms with Gasteiger partial charge >= 0.3 is 6.18 Å². The lowest BCUT2D eigenvalue weighted by Crippen LogP contribution is -2.47. The first-order valence-corrected chi connectivity index (χ1v) is 10.0. The van der Waals surface area contributed by atoms with Gasteiger partial charge in [0.05, 0.1) is 11.1 Å². The predicted molar refractivity (Wildman–Crippen MR) is 110 cm³/mol. The number of hydrogen-bond acceptors (Lipinski definition) is 4. The molecule has 2 heterocycles. The van der Waals surface area contributed by atoms with Gasteiger partial charge in [-0.1, -0.05) is 6.07 Å². The molecule has 2 aromatic rings. The molecule has 1 aliphatic heterocycles. The van der Waals surface area contributed by atoms with Gasteiger partial charge in [-0.15, -0.1) is 0 Å². The van der Waals surface area contributed by atoms with E-state index < -0.39 is 17.3 Å². The quantitative estimate of drug-likeness (QED) is 0.755. The number of rotatable bonds is 6. The van der Waals surface area contributed by atoms with Gasteiger partial charge in [0.25, 0.3) is 11.5 Å². The van der Waals surface area contributed by atoms with Crippen molar-refractivity contribution in [3.63, 3.8) is 0 Å². The van der Waals surface area contributed by atoms with Crippen molar-refractivity contribution in [2.75, 3.05) is 40.4 Å². The zero-order chi connectivity index (χ0) is 22.6. The molecule has 3 rings (SSSR count). The van der Waals surface area contributed by atoms with Gasteiger partial charge in [0, 0.05) is 49.7 Å². The molecule has 1 aromatic carbocycles. The van der Waals surface area contributed by atoms with Gasteiger partial charge in [0.15, 0.2) is 0 Å². The maximum absolute atomic E-state index is 13.0. The molecule has 0 bridgehead atoms. The van der Waals surface area contributed by atoms with Crippen molar-refractivity contribution in [3.05, 3.63) is 64.1 Å². The molecule has 1 fully saturated rings. The van der Waals surface area contributed by atoms with E-state index in [1.807, 2.05) is 14.1 Å². The van der Waals surface area contributed by atoms with E-state index in [1.165, 1.54) is 30.5 Å². The summed E-state index contributed by atoms with van der Waals surface area (Å²) in [6.45, 7) is 2.49. The maximum Gasteiger partial charge on any atom is 0.416 e. The number of nitrogens with zero attached hydrogens (tertiary/aromatic N) is 2. The maximum atomic E-state index is 13.0. The van der Waals surface area contributed by atoms with Crippen LogP contribution in [0.15, 0.2) is 47.4 Å². The van der Waals surface area contributed by atoms with E-state index in [4.69, 9.17) is 4.74 Å². The van der Waals surface area contributed by atoms with E-state index >= 15 is 0 Å². The van der Waals surface area contributed by atoms with Crippen molar-refractivity contribution in [3.8, 4) is 5.69 Å². The third-order valence-electron chi connectivity index (χ3n) is 5.45. The predicted octanol–water partition coefficient (Wildman–Crippen LogP) is 2.94. The van der Waals surface area contributed by atoms with E-state index in [-0.39, 0.29) is 22.6 Å².